The molecule has 5 heteroatoms. The average molecular weight is 245 g/mol. The normalized spacial score (nSPS) is 11.7. The van der Waals surface area contributed by atoms with Crippen molar-refractivity contribution in [3.63, 3.8) is 0 Å². The molecular weight excluding hydrogens is 230 g/mol. The van der Waals surface area contributed by atoms with Crippen molar-refractivity contribution < 1.29 is 9.90 Å². The van der Waals surface area contributed by atoms with Crippen LogP contribution < -0.4 is 0 Å². The molecule has 0 fully saturated rings. The molecule has 0 aliphatic heterocycles. The van der Waals surface area contributed by atoms with Gasteiger partial charge in [-0.05, 0) is 0 Å². The maximum atomic E-state index is 10.3. The van der Waals surface area contributed by atoms with E-state index >= 15 is 0 Å². The van der Waals surface area contributed by atoms with Gasteiger partial charge in [-0.1, -0.05) is 20.8 Å². The van der Waals surface area contributed by atoms with Crippen LogP contribution in [0.3, 0.4) is 0 Å². The number of hydrogen-bond donors (Lipinski definition) is 1. The van der Waals surface area contributed by atoms with E-state index in [4.69, 9.17) is 5.11 Å². The van der Waals surface area contributed by atoms with E-state index in [9.17, 15) is 4.79 Å². The van der Waals surface area contributed by atoms with Gasteiger partial charge in [0, 0.05) is 16.5 Å². The first-order chi connectivity index (χ1) is 6.89. The monoisotopic (exact) mass is 245 g/mol. The van der Waals surface area contributed by atoms with Crippen molar-refractivity contribution in [3.05, 3.63) is 16.1 Å². The zero-order valence-corrected chi connectivity index (χ0v) is 10.7. The number of carboxylic acid groups (broad SMARTS) is 1. The van der Waals surface area contributed by atoms with Crippen molar-refractivity contribution >= 4 is 29.1 Å². The molecule has 15 heavy (non-hydrogen) atoms. The molecule has 0 unspecified atom stereocenters. The Morgan fingerprint density at radius 2 is 2.27 bits per heavy atom. The van der Waals surface area contributed by atoms with E-state index < -0.39 is 5.97 Å². The molecule has 0 spiro atoms. The first-order valence-corrected chi connectivity index (χ1v) is 6.67. The van der Waals surface area contributed by atoms with E-state index in [0.29, 0.717) is 5.75 Å². The molecule has 84 valence electrons. The molecule has 1 aromatic rings. The van der Waals surface area contributed by atoms with Crippen LogP contribution in [0.5, 0.6) is 0 Å². The fourth-order valence-electron chi connectivity index (χ4n) is 0.947. The first-order valence-electron chi connectivity index (χ1n) is 4.64. The zero-order valence-electron chi connectivity index (χ0n) is 9.11. The Morgan fingerprint density at radius 3 is 2.73 bits per heavy atom. The maximum absolute atomic E-state index is 10.3. The molecule has 0 bridgehead atoms. The molecule has 1 N–H and O–H groups in total. The number of carbonyl (C=O) groups is 1. The molecule has 0 aliphatic rings. The maximum Gasteiger partial charge on any atom is 0.313 e. The van der Waals surface area contributed by atoms with Crippen molar-refractivity contribution in [1.82, 2.24) is 4.98 Å². The molecule has 1 rings (SSSR count). The smallest absolute Gasteiger partial charge is 0.313 e. The Morgan fingerprint density at radius 1 is 1.60 bits per heavy atom. The van der Waals surface area contributed by atoms with Crippen molar-refractivity contribution in [2.45, 2.75) is 31.9 Å². The third-order valence-electron chi connectivity index (χ3n) is 1.77. The number of nitrogens with zero attached hydrogens (tertiary/aromatic N) is 1. The number of aliphatic carboxylic acids is 1. The van der Waals surface area contributed by atoms with Gasteiger partial charge in [-0.25, -0.2) is 4.98 Å². The molecule has 0 amide bonds. The minimum absolute atomic E-state index is 0.0756. The Labute approximate surface area is 97.9 Å². The standard InChI is InChI=1S/C10H15NO2S2/c1-10(2,3)7-4-15-8(11-7)5-14-6-9(12)13/h4H,5-6H2,1-3H3,(H,12,13). The van der Waals surface area contributed by atoms with Crippen molar-refractivity contribution in [2.24, 2.45) is 0 Å². The lowest BCUT2D eigenvalue weighted by molar-refractivity contribution is -0.133. The highest BCUT2D eigenvalue weighted by atomic mass is 32.2. The number of aromatic nitrogens is 1. The summed E-state index contributed by atoms with van der Waals surface area (Å²) < 4.78 is 0. The quantitative estimate of drug-likeness (QED) is 0.886. The van der Waals surface area contributed by atoms with Crippen LogP contribution >= 0.6 is 23.1 Å². The van der Waals surface area contributed by atoms with E-state index in [0.717, 1.165) is 10.7 Å². The Bertz CT molecular complexity index is 341. The topological polar surface area (TPSA) is 50.2 Å². The average Bonchev–Trinajstić information content (AvgIpc) is 2.51. The van der Waals surface area contributed by atoms with Crippen molar-refractivity contribution in [1.29, 1.82) is 0 Å². The molecule has 0 aromatic carbocycles. The number of rotatable bonds is 4. The van der Waals surface area contributed by atoms with Gasteiger partial charge in [0.05, 0.1) is 11.4 Å². The second kappa shape index (κ2) is 4.99. The van der Waals surface area contributed by atoms with E-state index in [2.05, 4.69) is 31.1 Å². The van der Waals surface area contributed by atoms with Gasteiger partial charge in [0.2, 0.25) is 0 Å². The molecule has 0 saturated carbocycles. The van der Waals surface area contributed by atoms with Gasteiger partial charge >= 0.3 is 5.97 Å². The Kier molecular flexibility index (Phi) is 4.16. The predicted octanol–water partition coefficient (Wildman–Crippen LogP) is 2.76. The zero-order chi connectivity index (χ0) is 11.5. The van der Waals surface area contributed by atoms with E-state index in [1.165, 1.54) is 11.8 Å². The molecule has 3 nitrogen and oxygen atoms in total. The van der Waals surface area contributed by atoms with Gasteiger partial charge in [0.15, 0.2) is 0 Å². The second-order valence-corrected chi connectivity index (χ2v) is 6.19. The second-order valence-electron chi connectivity index (χ2n) is 4.26. The van der Waals surface area contributed by atoms with Crippen LogP contribution in [0.4, 0.5) is 0 Å². The van der Waals surface area contributed by atoms with Gasteiger partial charge in [0.25, 0.3) is 0 Å². The lowest BCUT2D eigenvalue weighted by Crippen LogP contribution is -2.11. The third kappa shape index (κ3) is 4.22. The number of thioether (sulfide) groups is 1. The number of hydrogen-bond acceptors (Lipinski definition) is 4. The fraction of sp³-hybridized carbons (Fsp3) is 0.600. The highest BCUT2D eigenvalue weighted by Gasteiger charge is 2.17. The summed E-state index contributed by atoms with van der Waals surface area (Å²) >= 11 is 2.99. The van der Waals surface area contributed by atoms with Crippen LogP contribution in [0, 0.1) is 0 Å². The summed E-state index contributed by atoms with van der Waals surface area (Å²) in [4.78, 5) is 14.8. The van der Waals surface area contributed by atoms with Crippen molar-refractivity contribution in [3.8, 4) is 0 Å². The van der Waals surface area contributed by atoms with E-state index in [1.807, 2.05) is 0 Å². The van der Waals surface area contributed by atoms with Crippen molar-refractivity contribution in [2.75, 3.05) is 5.75 Å². The fourth-order valence-corrected chi connectivity index (χ4v) is 2.79. The van der Waals surface area contributed by atoms with Crippen LogP contribution in [-0.2, 0) is 16.0 Å². The lowest BCUT2D eigenvalue weighted by Gasteiger charge is -2.14. The first kappa shape index (κ1) is 12.5. The minimum Gasteiger partial charge on any atom is -0.481 e. The summed E-state index contributed by atoms with van der Waals surface area (Å²) in [5.74, 6) is 0.0601. The van der Waals surface area contributed by atoms with E-state index in [1.54, 1.807) is 11.3 Å². The van der Waals surface area contributed by atoms with Crippen LogP contribution in [0.1, 0.15) is 31.5 Å². The van der Waals surface area contributed by atoms with Gasteiger partial charge in [-0.2, -0.15) is 0 Å². The Hall–Kier alpha value is -0.550. The molecule has 0 aliphatic carbocycles. The minimum atomic E-state index is -0.771. The highest BCUT2D eigenvalue weighted by molar-refractivity contribution is 7.99. The van der Waals surface area contributed by atoms with Crippen LogP contribution in [0.15, 0.2) is 5.38 Å². The molecule has 0 radical (unpaired) electrons. The molecular formula is C10H15NO2S2. The van der Waals surface area contributed by atoms with Gasteiger partial charge in [-0.15, -0.1) is 23.1 Å². The number of carboxylic acids is 1. The SMILES string of the molecule is CC(C)(C)c1csc(CSCC(=O)O)n1. The Balaban J connectivity index is 2.50. The molecule has 0 saturated heterocycles. The lowest BCUT2D eigenvalue weighted by atomic mass is 9.93. The van der Waals surface area contributed by atoms with Gasteiger partial charge < -0.3 is 5.11 Å². The predicted molar refractivity (Wildman–Crippen MR) is 64.6 cm³/mol. The molecule has 1 heterocycles. The molecule has 1 aromatic heterocycles. The summed E-state index contributed by atoms with van der Waals surface area (Å²) in [6, 6.07) is 0. The largest absolute Gasteiger partial charge is 0.481 e. The summed E-state index contributed by atoms with van der Waals surface area (Å²) in [6.07, 6.45) is 0. The summed E-state index contributed by atoms with van der Waals surface area (Å²) in [5.41, 5.74) is 1.16. The van der Waals surface area contributed by atoms with Crippen LogP contribution in [0.25, 0.3) is 0 Å². The van der Waals surface area contributed by atoms with Crippen LogP contribution in [-0.4, -0.2) is 21.8 Å². The summed E-state index contributed by atoms with van der Waals surface area (Å²) in [7, 11) is 0. The summed E-state index contributed by atoms with van der Waals surface area (Å²) in [6.45, 7) is 6.36. The number of thiazole rings is 1. The third-order valence-corrected chi connectivity index (χ3v) is 3.73. The van der Waals surface area contributed by atoms with Gasteiger partial charge in [-0.3, -0.25) is 4.79 Å². The van der Waals surface area contributed by atoms with E-state index in [-0.39, 0.29) is 11.2 Å². The summed E-state index contributed by atoms with van der Waals surface area (Å²) in [5, 5.41) is 11.5. The van der Waals surface area contributed by atoms with Gasteiger partial charge in [0.1, 0.15) is 5.01 Å². The highest BCUT2D eigenvalue weighted by Crippen LogP contribution is 2.25. The molecule has 0 atom stereocenters. The van der Waals surface area contributed by atoms with Crippen LogP contribution in [0.2, 0.25) is 0 Å².